The van der Waals surface area contributed by atoms with Gasteiger partial charge in [0, 0.05) is 6.42 Å². The molecule has 6 nitrogen and oxygen atoms in total. The number of nitrogens with zero attached hydrogens (tertiary/aromatic N) is 1. The van der Waals surface area contributed by atoms with Gasteiger partial charge in [0.1, 0.15) is 21.9 Å². The molecule has 0 aliphatic carbocycles. The Kier molecular flexibility index (Phi) is 6.01. The van der Waals surface area contributed by atoms with Crippen molar-refractivity contribution in [2.45, 2.75) is 12.5 Å². The van der Waals surface area contributed by atoms with Gasteiger partial charge < -0.3 is 14.9 Å². The zero-order valence-electron chi connectivity index (χ0n) is 14.9. The summed E-state index contributed by atoms with van der Waals surface area (Å²) < 4.78 is 5.32. The molecule has 0 spiro atoms. The van der Waals surface area contributed by atoms with Crippen molar-refractivity contribution in [2.75, 3.05) is 7.11 Å². The minimum Gasteiger partial charge on any atom is -0.508 e. The van der Waals surface area contributed by atoms with Crippen LogP contribution >= 0.6 is 24.0 Å². The summed E-state index contributed by atoms with van der Waals surface area (Å²) in [5.74, 6) is -0.791. The number of ether oxygens (including phenoxy) is 1. The van der Waals surface area contributed by atoms with E-state index < -0.39 is 17.9 Å². The van der Waals surface area contributed by atoms with Crippen molar-refractivity contribution < 1.29 is 24.5 Å². The molecule has 1 fully saturated rings. The first-order valence-corrected chi connectivity index (χ1v) is 9.53. The number of carboxylic acid groups (broad SMARTS) is 1. The lowest BCUT2D eigenvalue weighted by molar-refractivity contribution is -0.145. The summed E-state index contributed by atoms with van der Waals surface area (Å²) in [5.41, 5.74) is 1.46. The first-order chi connectivity index (χ1) is 13.4. The van der Waals surface area contributed by atoms with Crippen LogP contribution < -0.4 is 4.74 Å². The molecule has 8 heteroatoms. The van der Waals surface area contributed by atoms with Crippen molar-refractivity contribution in [1.82, 2.24) is 4.90 Å². The van der Waals surface area contributed by atoms with Crippen LogP contribution in [0, 0.1) is 0 Å². The van der Waals surface area contributed by atoms with E-state index >= 15 is 0 Å². The zero-order valence-corrected chi connectivity index (χ0v) is 16.5. The third-order valence-corrected chi connectivity index (χ3v) is 5.53. The molecule has 3 rings (SSSR count). The largest absolute Gasteiger partial charge is 0.508 e. The topological polar surface area (TPSA) is 87.1 Å². The van der Waals surface area contributed by atoms with Gasteiger partial charge in [-0.25, -0.2) is 4.79 Å². The van der Waals surface area contributed by atoms with Gasteiger partial charge in [-0.05, 0) is 41.5 Å². The molecule has 0 radical (unpaired) electrons. The van der Waals surface area contributed by atoms with E-state index in [4.69, 9.17) is 17.0 Å². The Bertz CT molecular complexity index is 938. The summed E-state index contributed by atoms with van der Waals surface area (Å²) in [4.78, 5) is 26.2. The second-order valence-corrected chi connectivity index (χ2v) is 7.73. The van der Waals surface area contributed by atoms with Gasteiger partial charge in [0.2, 0.25) is 0 Å². The van der Waals surface area contributed by atoms with E-state index in [-0.39, 0.29) is 16.5 Å². The molecular formula is C20H17NO5S2. The Hall–Kier alpha value is -2.84. The number of rotatable bonds is 6. The predicted octanol–water partition coefficient (Wildman–Crippen LogP) is 3.30. The number of carboxylic acids is 1. The summed E-state index contributed by atoms with van der Waals surface area (Å²) >= 11 is 6.37. The maximum Gasteiger partial charge on any atom is 0.327 e. The van der Waals surface area contributed by atoms with Gasteiger partial charge in [-0.3, -0.25) is 9.69 Å². The van der Waals surface area contributed by atoms with E-state index in [1.165, 1.54) is 12.1 Å². The normalized spacial score (nSPS) is 16.5. The Morgan fingerprint density at radius 2 is 1.86 bits per heavy atom. The molecule has 2 N–H and O–H groups in total. The van der Waals surface area contributed by atoms with Gasteiger partial charge in [-0.2, -0.15) is 0 Å². The first kappa shape index (κ1) is 19.9. The van der Waals surface area contributed by atoms with Crippen LogP contribution in [0.25, 0.3) is 6.08 Å². The predicted molar refractivity (Wildman–Crippen MR) is 111 cm³/mol. The van der Waals surface area contributed by atoms with Crippen LogP contribution in [-0.4, -0.2) is 44.5 Å². The third kappa shape index (κ3) is 4.35. The summed E-state index contributed by atoms with van der Waals surface area (Å²) in [5, 5.41) is 19.1. The number of amides is 1. The van der Waals surface area contributed by atoms with Gasteiger partial charge in [-0.1, -0.05) is 48.2 Å². The van der Waals surface area contributed by atoms with Crippen LogP contribution in [0.15, 0.2) is 53.4 Å². The van der Waals surface area contributed by atoms with Gasteiger partial charge in [0.25, 0.3) is 5.91 Å². The summed E-state index contributed by atoms with van der Waals surface area (Å²) in [6.07, 6.45) is 1.76. The molecule has 1 unspecified atom stereocenters. The number of thiocarbonyl (C=S) groups is 1. The lowest BCUT2D eigenvalue weighted by Crippen LogP contribution is -2.45. The SMILES string of the molecule is COc1ccc(/C=C2\SC(=S)N(C(Cc3ccc(O)cc3)C(=O)O)C2=O)cc1. The van der Waals surface area contributed by atoms with Crippen LogP contribution in [-0.2, 0) is 16.0 Å². The number of hydrogen-bond acceptors (Lipinski definition) is 6. The summed E-state index contributed by atoms with van der Waals surface area (Å²) in [6.45, 7) is 0. The monoisotopic (exact) mass is 415 g/mol. The Labute approximate surface area is 171 Å². The number of carbonyl (C=O) groups is 2. The van der Waals surface area contributed by atoms with Crippen LogP contribution in [0.1, 0.15) is 11.1 Å². The number of hydrogen-bond donors (Lipinski definition) is 2. The Morgan fingerprint density at radius 1 is 1.21 bits per heavy atom. The molecule has 2 aromatic rings. The maximum atomic E-state index is 12.9. The molecule has 1 aliphatic heterocycles. The van der Waals surface area contributed by atoms with Gasteiger partial charge in [-0.15, -0.1) is 0 Å². The smallest absolute Gasteiger partial charge is 0.327 e. The lowest BCUT2D eigenvalue weighted by atomic mass is 10.0. The number of phenolic OH excluding ortho intramolecular Hbond substituents is 1. The number of benzene rings is 2. The quantitative estimate of drug-likeness (QED) is 0.553. The highest BCUT2D eigenvalue weighted by Crippen LogP contribution is 2.35. The van der Waals surface area contributed by atoms with Gasteiger partial charge in [0.05, 0.1) is 12.0 Å². The molecular weight excluding hydrogens is 398 g/mol. The molecule has 1 amide bonds. The van der Waals surface area contributed by atoms with Crippen LogP contribution in [0.4, 0.5) is 0 Å². The highest BCUT2D eigenvalue weighted by Gasteiger charge is 2.40. The van der Waals surface area contributed by atoms with Crippen molar-refractivity contribution in [3.05, 3.63) is 64.6 Å². The fourth-order valence-electron chi connectivity index (χ4n) is 2.74. The number of aromatic hydroxyl groups is 1. The van der Waals surface area contributed by atoms with E-state index in [2.05, 4.69) is 0 Å². The molecule has 2 aromatic carbocycles. The zero-order chi connectivity index (χ0) is 20.3. The summed E-state index contributed by atoms with van der Waals surface area (Å²) in [7, 11) is 1.57. The number of thioether (sulfide) groups is 1. The Balaban J connectivity index is 1.84. The van der Waals surface area contributed by atoms with Gasteiger partial charge in [0.15, 0.2) is 0 Å². The summed E-state index contributed by atoms with van der Waals surface area (Å²) in [6, 6.07) is 12.2. The van der Waals surface area contributed by atoms with Crippen LogP contribution in [0.2, 0.25) is 0 Å². The van der Waals surface area contributed by atoms with E-state index in [1.807, 2.05) is 0 Å². The minimum absolute atomic E-state index is 0.0812. The maximum absolute atomic E-state index is 12.9. The number of carbonyl (C=O) groups excluding carboxylic acids is 1. The molecule has 0 bridgehead atoms. The van der Waals surface area contributed by atoms with Crippen LogP contribution in [0.3, 0.4) is 0 Å². The lowest BCUT2D eigenvalue weighted by Gasteiger charge is -2.23. The molecule has 1 saturated heterocycles. The molecule has 0 saturated carbocycles. The van der Waals surface area contributed by atoms with E-state index in [9.17, 15) is 19.8 Å². The van der Waals surface area contributed by atoms with Crippen molar-refractivity contribution in [2.24, 2.45) is 0 Å². The molecule has 1 atom stereocenters. The molecule has 144 valence electrons. The van der Waals surface area contributed by atoms with E-state index in [0.717, 1.165) is 22.2 Å². The van der Waals surface area contributed by atoms with Gasteiger partial charge >= 0.3 is 5.97 Å². The fourth-order valence-corrected chi connectivity index (χ4v) is 4.10. The standard InChI is InChI=1S/C20H17NO5S2/c1-26-15-8-4-13(5-9-15)11-17-18(23)21(20(27)28-17)16(19(24)25)10-12-2-6-14(22)7-3-12/h2-9,11,16,22H,10H2,1H3,(H,24,25)/b17-11-. The highest BCUT2D eigenvalue weighted by atomic mass is 32.2. The first-order valence-electron chi connectivity index (χ1n) is 8.31. The van der Waals surface area contributed by atoms with Crippen molar-refractivity contribution in [3.63, 3.8) is 0 Å². The van der Waals surface area contributed by atoms with Crippen LogP contribution in [0.5, 0.6) is 11.5 Å². The number of aliphatic carboxylic acids is 1. The Morgan fingerprint density at radius 3 is 2.43 bits per heavy atom. The van der Waals surface area contributed by atoms with Crippen molar-refractivity contribution in [1.29, 1.82) is 0 Å². The fraction of sp³-hybridized carbons (Fsp3) is 0.150. The average Bonchev–Trinajstić information content (AvgIpc) is 2.95. The van der Waals surface area contributed by atoms with E-state index in [1.54, 1.807) is 49.6 Å². The highest BCUT2D eigenvalue weighted by molar-refractivity contribution is 8.26. The second-order valence-electron chi connectivity index (χ2n) is 6.05. The average molecular weight is 415 g/mol. The minimum atomic E-state index is -1.14. The molecule has 0 aromatic heterocycles. The molecule has 28 heavy (non-hydrogen) atoms. The molecule has 1 aliphatic rings. The number of methoxy groups -OCH3 is 1. The third-order valence-electron chi connectivity index (χ3n) is 4.20. The van der Waals surface area contributed by atoms with Crippen molar-refractivity contribution in [3.8, 4) is 11.5 Å². The second kappa shape index (κ2) is 8.45. The van der Waals surface area contributed by atoms with E-state index in [0.29, 0.717) is 16.2 Å². The van der Waals surface area contributed by atoms with Crippen molar-refractivity contribution >= 4 is 46.3 Å². The number of phenols is 1. The molecule has 1 heterocycles.